The van der Waals surface area contributed by atoms with Crippen LogP contribution in [0.3, 0.4) is 0 Å². The highest BCUT2D eigenvalue weighted by Gasteiger charge is 2.33. The molecule has 3 heterocycles. The summed E-state index contributed by atoms with van der Waals surface area (Å²) >= 11 is 0. The van der Waals surface area contributed by atoms with Crippen molar-refractivity contribution in [3.8, 4) is 0 Å². The number of carbonyl (C=O) groups is 1. The highest BCUT2D eigenvalue weighted by Crippen LogP contribution is 2.41. The SMILES string of the molecule is COC(=O)c1ccc2c(c1)CCN2c1ccc2c(n1)N(C1CCCC1)[C@H](C)C([O-])=N2. The average molecular weight is 405 g/mol. The first-order valence-corrected chi connectivity index (χ1v) is 10.6. The van der Waals surface area contributed by atoms with Crippen molar-refractivity contribution >= 4 is 34.9 Å². The molecule has 1 saturated carbocycles. The minimum Gasteiger partial charge on any atom is -0.860 e. The van der Waals surface area contributed by atoms with Crippen LogP contribution in [0.25, 0.3) is 0 Å². The van der Waals surface area contributed by atoms with Crippen LogP contribution in [0.1, 0.15) is 48.5 Å². The second-order valence-corrected chi connectivity index (χ2v) is 8.22. The van der Waals surface area contributed by atoms with Crippen LogP contribution >= 0.6 is 0 Å². The van der Waals surface area contributed by atoms with Crippen molar-refractivity contribution in [1.29, 1.82) is 0 Å². The molecule has 1 aliphatic carbocycles. The summed E-state index contributed by atoms with van der Waals surface area (Å²) in [5.74, 6) is 1.24. The van der Waals surface area contributed by atoms with E-state index in [4.69, 9.17) is 9.72 Å². The molecule has 3 aliphatic rings. The molecule has 7 nitrogen and oxygen atoms in total. The summed E-state index contributed by atoms with van der Waals surface area (Å²) in [5.41, 5.74) is 3.39. The fraction of sp³-hybridized carbons (Fsp3) is 0.435. The van der Waals surface area contributed by atoms with Gasteiger partial charge in [0.1, 0.15) is 11.5 Å². The number of hydrogen-bond donors (Lipinski definition) is 0. The van der Waals surface area contributed by atoms with Crippen molar-refractivity contribution in [2.24, 2.45) is 4.99 Å². The number of rotatable bonds is 3. The van der Waals surface area contributed by atoms with E-state index in [0.29, 0.717) is 17.3 Å². The summed E-state index contributed by atoms with van der Waals surface area (Å²) in [4.78, 5) is 25.5. The number of nitrogens with zero attached hydrogens (tertiary/aromatic N) is 4. The first-order valence-electron chi connectivity index (χ1n) is 10.6. The maximum Gasteiger partial charge on any atom is 0.337 e. The summed E-state index contributed by atoms with van der Waals surface area (Å²) < 4.78 is 4.84. The third-order valence-corrected chi connectivity index (χ3v) is 6.48. The van der Waals surface area contributed by atoms with Crippen LogP contribution in [0.2, 0.25) is 0 Å². The van der Waals surface area contributed by atoms with Gasteiger partial charge in [0.05, 0.1) is 18.7 Å². The fourth-order valence-corrected chi connectivity index (χ4v) is 4.93. The van der Waals surface area contributed by atoms with E-state index in [-0.39, 0.29) is 17.9 Å². The van der Waals surface area contributed by atoms with Crippen LogP contribution in [0, 0.1) is 0 Å². The zero-order valence-electron chi connectivity index (χ0n) is 17.3. The normalized spacial score (nSPS) is 20.7. The predicted octanol–water partition coefficient (Wildman–Crippen LogP) is 3.10. The van der Waals surface area contributed by atoms with Gasteiger partial charge >= 0.3 is 5.97 Å². The minimum atomic E-state index is -0.323. The van der Waals surface area contributed by atoms with Gasteiger partial charge in [0, 0.05) is 18.3 Å². The Morgan fingerprint density at radius 2 is 2.00 bits per heavy atom. The molecule has 0 amide bonds. The van der Waals surface area contributed by atoms with Crippen LogP contribution in [-0.2, 0) is 11.2 Å². The molecule has 2 aromatic rings. The van der Waals surface area contributed by atoms with Crippen molar-refractivity contribution in [3.63, 3.8) is 0 Å². The van der Waals surface area contributed by atoms with Crippen molar-refractivity contribution in [1.82, 2.24) is 4.98 Å². The molecule has 30 heavy (non-hydrogen) atoms. The van der Waals surface area contributed by atoms with Crippen LogP contribution in [-0.4, -0.2) is 42.6 Å². The van der Waals surface area contributed by atoms with Crippen molar-refractivity contribution in [3.05, 3.63) is 41.5 Å². The number of anilines is 3. The van der Waals surface area contributed by atoms with Crippen LogP contribution in [0.15, 0.2) is 35.3 Å². The zero-order chi connectivity index (χ0) is 20.8. The molecule has 7 heteroatoms. The number of hydrogen-bond acceptors (Lipinski definition) is 7. The van der Waals surface area contributed by atoms with Crippen LogP contribution in [0.5, 0.6) is 0 Å². The number of fused-ring (bicyclic) bond motifs is 2. The Balaban J connectivity index is 1.52. The number of methoxy groups -OCH3 is 1. The quantitative estimate of drug-likeness (QED) is 0.730. The lowest BCUT2D eigenvalue weighted by Gasteiger charge is -2.42. The summed E-state index contributed by atoms with van der Waals surface area (Å²) in [7, 11) is 1.39. The van der Waals surface area contributed by atoms with Crippen LogP contribution < -0.4 is 14.9 Å². The molecule has 156 valence electrons. The predicted molar refractivity (Wildman–Crippen MR) is 114 cm³/mol. The van der Waals surface area contributed by atoms with E-state index in [2.05, 4.69) is 14.8 Å². The number of pyridine rings is 1. The van der Waals surface area contributed by atoms with E-state index in [1.54, 1.807) is 6.07 Å². The van der Waals surface area contributed by atoms with Gasteiger partial charge < -0.3 is 19.6 Å². The highest BCUT2D eigenvalue weighted by atomic mass is 16.5. The van der Waals surface area contributed by atoms with Gasteiger partial charge in [-0.25, -0.2) is 9.78 Å². The lowest BCUT2D eigenvalue weighted by molar-refractivity contribution is -0.220. The molecular weight excluding hydrogens is 380 g/mol. The van der Waals surface area contributed by atoms with Crippen molar-refractivity contribution < 1.29 is 14.6 Å². The molecule has 0 saturated heterocycles. The molecule has 0 unspecified atom stereocenters. The summed E-state index contributed by atoms with van der Waals surface area (Å²) in [5, 5.41) is 12.5. The van der Waals surface area contributed by atoms with Gasteiger partial charge in [0.15, 0.2) is 5.82 Å². The monoisotopic (exact) mass is 405 g/mol. The topological polar surface area (TPSA) is 81.1 Å². The van der Waals surface area contributed by atoms with Gasteiger partial charge in [0.25, 0.3) is 0 Å². The third kappa shape index (κ3) is 3.00. The van der Waals surface area contributed by atoms with Gasteiger partial charge in [0.2, 0.25) is 0 Å². The molecule has 5 rings (SSSR count). The Morgan fingerprint density at radius 1 is 1.20 bits per heavy atom. The maximum atomic E-state index is 12.5. The first-order chi connectivity index (χ1) is 14.6. The summed E-state index contributed by atoms with van der Waals surface area (Å²) in [6.07, 6.45) is 5.40. The lowest BCUT2D eigenvalue weighted by atomic mass is 10.1. The Labute approximate surface area is 176 Å². The smallest absolute Gasteiger partial charge is 0.337 e. The Bertz CT molecular complexity index is 1030. The second kappa shape index (κ2) is 7.31. The molecule has 0 radical (unpaired) electrons. The molecule has 1 aromatic carbocycles. The minimum absolute atomic E-state index is 0.0918. The Morgan fingerprint density at radius 3 is 2.77 bits per heavy atom. The maximum absolute atomic E-state index is 12.5. The second-order valence-electron chi connectivity index (χ2n) is 8.22. The number of carbonyl (C=O) groups excluding carboxylic acids is 1. The molecule has 2 aliphatic heterocycles. The molecule has 0 spiro atoms. The van der Waals surface area contributed by atoms with Gasteiger partial charge in [-0.1, -0.05) is 12.8 Å². The van der Waals surface area contributed by atoms with Crippen LogP contribution in [0.4, 0.5) is 23.0 Å². The molecular formula is C23H25N4O3-. The van der Waals surface area contributed by atoms with Crippen molar-refractivity contribution in [2.45, 2.75) is 51.1 Å². The number of ether oxygens (including phenoxy) is 1. The molecule has 1 aromatic heterocycles. The van der Waals surface area contributed by atoms with E-state index in [9.17, 15) is 9.90 Å². The molecule has 0 N–H and O–H groups in total. The largest absolute Gasteiger partial charge is 0.860 e. The fourth-order valence-electron chi connectivity index (χ4n) is 4.93. The van der Waals surface area contributed by atoms with E-state index in [1.807, 2.05) is 31.2 Å². The van der Waals surface area contributed by atoms with Gasteiger partial charge in [-0.2, -0.15) is 0 Å². The molecule has 1 fully saturated rings. The summed E-state index contributed by atoms with van der Waals surface area (Å²) in [6.45, 7) is 2.72. The van der Waals surface area contributed by atoms with E-state index < -0.39 is 0 Å². The zero-order valence-corrected chi connectivity index (χ0v) is 17.3. The standard InChI is InChI=1S/C23H26N4O3/c1-14-22(28)24-18-8-10-20(25-21(18)27(14)17-5-3-4-6-17)26-12-11-15-13-16(23(29)30-2)7-9-19(15)26/h7-10,13-14,17H,3-6,11-12H2,1-2H3,(H,24,28)/p-1/t14-/m1/s1. The van der Waals surface area contributed by atoms with Gasteiger partial charge in [-0.3, -0.25) is 4.99 Å². The molecule has 0 bridgehead atoms. The number of esters is 1. The average Bonchev–Trinajstić information content (AvgIpc) is 3.43. The Hall–Kier alpha value is -3.09. The van der Waals surface area contributed by atoms with E-state index in [0.717, 1.165) is 48.7 Å². The van der Waals surface area contributed by atoms with E-state index in [1.165, 1.54) is 20.0 Å². The van der Waals surface area contributed by atoms with Crippen molar-refractivity contribution in [2.75, 3.05) is 23.5 Å². The highest BCUT2D eigenvalue weighted by molar-refractivity contribution is 5.92. The number of benzene rings is 1. The van der Waals surface area contributed by atoms with Gasteiger partial charge in [-0.05, 0) is 68.0 Å². The van der Waals surface area contributed by atoms with E-state index >= 15 is 0 Å². The third-order valence-electron chi connectivity index (χ3n) is 6.48. The summed E-state index contributed by atoms with van der Waals surface area (Å²) in [6, 6.07) is 9.56. The number of aromatic nitrogens is 1. The van der Waals surface area contributed by atoms with Gasteiger partial charge in [-0.15, -0.1) is 0 Å². The Kier molecular flexibility index (Phi) is 4.60. The number of aliphatic imine (C=N–C) groups is 1. The first kappa shape index (κ1) is 18.9. The lowest BCUT2D eigenvalue weighted by Crippen LogP contribution is -2.51. The molecule has 1 atom stereocenters.